The van der Waals surface area contributed by atoms with Crippen molar-refractivity contribution in [2.24, 2.45) is 11.7 Å². The second-order valence-electron chi connectivity index (χ2n) is 7.20. The molecular formula is C20H24N6O2. The van der Waals surface area contributed by atoms with Crippen LogP contribution >= 0.6 is 0 Å². The zero-order chi connectivity index (χ0) is 19.5. The lowest BCUT2D eigenvalue weighted by Crippen LogP contribution is -2.36. The molecule has 1 unspecified atom stereocenters. The van der Waals surface area contributed by atoms with E-state index in [1.807, 2.05) is 24.3 Å². The number of amides is 1. The monoisotopic (exact) mass is 380 g/mol. The molecule has 0 spiro atoms. The summed E-state index contributed by atoms with van der Waals surface area (Å²) in [4.78, 5) is 13.5. The molecule has 1 aliphatic rings. The van der Waals surface area contributed by atoms with E-state index in [4.69, 9.17) is 10.5 Å². The van der Waals surface area contributed by atoms with E-state index in [-0.39, 0.29) is 5.91 Å². The first kappa shape index (κ1) is 18.2. The topological polar surface area (TPSA) is 98.6 Å². The number of piperidine rings is 1. The molecule has 146 valence electrons. The average Bonchev–Trinajstić information content (AvgIpc) is 3.20. The van der Waals surface area contributed by atoms with E-state index in [1.165, 1.54) is 0 Å². The number of fused-ring (bicyclic) bond motifs is 1. The van der Waals surface area contributed by atoms with Crippen molar-refractivity contribution >= 4 is 17.2 Å². The fraction of sp³-hybridized carbons (Fsp3) is 0.400. The molecule has 1 amide bonds. The highest BCUT2D eigenvalue weighted by Crippen LogP contribution is 2.31. The van der Waals surface area contributed by atoms with Crippen molar-refractivity contribution in [1.29, 1.82) is 0 Å². The van der Waals surface area contributed by atoms with Crippen LogP contribution in [-0.2, 0) is 4.79 Å². The first-order chi connectivity index (χ1) is 13.6. The summed E-state index contributed by atoms with van der Waals surface area (Å²) in [7, 11) is 1.65. The van der Waals surface area contributed by atoms with E-state index in [9.17, 15) is 4.79 Å². The van der Waals surface area contributed by atoms with Gasteiger partial charge in [0.2, 0.25) is 11.6 Å². The van der Waals surface area contributed by atoms with E-state index in [1.54, 1.807) is 18.0 Å². The van der Waals surface area contributed by atoms with Crippen molar-refractivity contribution in [3.63, 3.8) is 0 Å². The van der Waals surface area contributed by atoms with Gasteiger partial charge in [0.25, 0.3) is 0 Å². The second-order valence-corrected chi connectivity index (χ2v) is 7.20. The van der Waals surface area contributed by atoms with Crippen LogP contribution in [0, 0.1) is 5.92 Å². The molecule has 8 nitrogen and oxygen atoms in total. The lowest BCUT2D eigenvalue weighted by molar-refractivity contribution is -0.118. The van der Waals surface area contributed by atoms with Crippen molar-refractivity contribution in [2.45, 2.75) is 25.7 Å². The molecule has 4 rings (SSSR count). The van der Waals surface area contributed by atoms with E-state index in [0.29, 0.717) is 12.3 Å². The van der Waals surface area contributed by atoms with E-state index >= 15 is 0 Å². The molecule has 28 heavy (non-hydrogen) atoms. The normalized spacial score (nSPS) is 17.0. The Labute approximate surface area is 163 Å². The molecule has 1 atom stereocenters. The van der Waals surface area contributed by atoms with Gasteiger partial charge in [-0.25, -0.2) is 0 Å². The van der Waals surface area contributed by atoms with Crippen molar-refractivity contribution in [3.05, 3.63) is 36.7 Å². The van der Waals surface area contributed by atoms with Gasteiger partial charge in [0.05, 0.1) is 18.5 Å². The highest BCUT2D eigenvalue weighted by molar-refractivity contribution is 5.75. The zero-order valence-corrected chi connectivity index (χ0v) is 15.9. The van der Waals surface area contributed by atoms with Crippen LogP contribution in [0.2, 0.25) is 0 Å². The highest BCUT2D eigenvalue weighted by Gasteiger charge is 2.23. The molecule has 2 N–H and O–H groups in total. The first-order valence-corrected chi connectivity index (χ1v) is 9.53. The van der Waals surface area contributed by atoms with Crippen LogP contribution in [0.3, 0.4) is 0 Å². The van der Waals surface area contributed by atoms with Gasteiger partial charge in [0, 0.05) is 25.1 Å². The Bertz CT molecular complexity index is 968. The van der Waals surface area contributed by atoms with Crippen LogP contribution in [0.1, 0.15) is 25.7 Å². The minimum absolute atomic E-state index is 0.234. The maximum atomic E-state index is 11.2. The maximum Gasteiger partial charge on any atom is 0.217 e. The van der Waals surface area contributed by atoms with Gasteiger partial charge in [0.1, 0.15) is 12.1 Å². The van der Waals surface area contributed by atoms with Crippen molar-refractivity contribution in [2.75, 3.05) is 25.1 Å². The third kappa shape index (κ3) is 3.76. The van der Waals surface area contributed by atoms with Crippen LogP contribution in [0.15, 0.2) is 36.7 Å². The van der Waals surface area contributed by atoms with Gasteiger partial charge in [0.15, 0.2) is 0 Å². The molecule has 3 aromatic rings. The molecular weight excluding hydrogens is 356 g/mol. The van der Waals surface area contributed by atoms with Gasteiger partial charge < -0.3 is 15.4 Å². The fourth-order valence-electron chi connectivity index (χ4n) is 3.81. The lowest BCUT2D eigenvalue weighted by Gasteiger charge is -2.34. The van der Waals surface area contributed by atoms with Gasteiger partial charge in [-0.1, -0.05) is 0 Å². The van der Waals surface area contributed by atoms with Gasteiger partial charge in [-0.3, -0.25) is 4.79 Å². The Kier molecular flexibility index (Phi) is 5.10. The maximum absolute atomic E-state index is 11.2. The Morgan fingerprint density at radius 2 is 2.14 bits per heavy atom. The largest absolute Gasteiger partial charge is 0.497 e. The number of hydrogen-bond donors (Lipinski definition) is 1. The SMILES string of the molecule is COc1ccc(-c2cc(N3CCCC(CCC(N)=O)C3)c3nncn3n2)cc1. The van der Waals surface area contributed by atoms with E-state index in [0.717, 1.165) is 60.7 Å². The summed E-state index contributed by atoms with van der Waals surface area (Å²) in [6.45, 7) is 1.82. The summed E-state index contributed by atoms with van der Waals surface area (Å²) in [6, 6.07) is 9.91. The molecule has 1 saturated heterocycles. The number of hydrogen-bond acceptors (Lipinski definition) is 6. The van der Waals surface area contributed by atoms with Crippen LogP contribution in [0.4, 0.5) is 5.69 Å². The zero-order valence-electron chi connectivity index (χ0n) is 15.9. The number of carbonyl (C=O) groups is 1. The van der Waals surface area contributed by atoms with Gasteiger partial charge in [-0.15, -0.1) is 10.2 Å². The number of benzene rings is 1. The third-order valence-corrected chi connectivity index (χ3v) is 5.29. The Morgan fingerprint density at radius 3 is 2.89 bits per heavy atom. The Balaban J connectivity index is 1.65. The number of carbonyl (C=O) groups excluding carboxylic acids is 1. The van der Waals surface area contributed by atoms with Gasteiger partial charge in [-0.05, 0) is 55.5 Å². The fourth-order valence-corrected chi connectivity index (χ4v) is 3.81. The number of primary amides is 1. The lowest BCUT2D eigenvalue weighted by atomic mass is 9.93. The number of nitrogens with two attached hydrogens (primary N) is 1. The average molecular weight is 380 g/mol. The van der Waals surface area contributed by atoms with Crippen molar-refractivity contribution < 1.29 is 9.53 Å². The molecule has 1 aromatic carbocycles. The summed E-state index contributed by atoms with van der Waals surface area (Å²) in [5.41, 5.74) is 8.94. The smallest absolute Gasteiger partial charge is 0.217 e. The minimum atomic E-state index is -0.234. The Morgan fingerprint density at radius 1 is 1.32 bits per heavy atom. The predicted octanol–water partition coefficient (Wildman–Crippen LogP) is 2.28. The molecule has 0 radical (unpaired) electrons. The number of anilines is 1. The molecule has 1 aliphatic heterocycles. The molecule has 8 heteroatoms. The number of aromatic nitrogens is 4. The predicted molar refractivity (Wildman–Crippen MR) is 106 cm³/mol. The van der Waals surface area contributed by atoms with Crippen LogP contribution in [-0.4, -0.2) is 45.9 Å². The standard InChI is InChI=1S/C20H24N6O2/c1-28-16-7-5-15(6-8-16)17-11-18(20-23-22-13-26(20)24-17)25-10-2-3-14(12-25)4-9-19(21)27/h5-8,11,13-14H,2-4,9-10,12H2,1H3,(H2,21,27). The number of nitrogens with zero attached hydrogens (tertiary/aromatic N) is 5. The van der Waals surface area contributed by atoms with E-state index < -0.39 is 0 Å². The quantitative estimate of drug-likeness (QED) is 0.704. The summed E-state index contributed by atoms with van der Waals surface area (Å²) in [5.74, 6) is 1.02. The molecule has 1 fully saturated rings. The molecule has 2 aromatic heterocycles. The van der Waals surface area contributed by atoms with E-state index in [2.05, 4.69) is 26.3 Å². The van der Waals surface area contributed by atoms with Crippen molar-refractivity contribution in [3.8, 4) is 17.0 Å². The van der Waals surface area contributed by atoms with Crippen molar-refractivity contribution in [1.82, 2.24) is 19.8 Å². The van der Waals surface area contributed by atoms with Crippen LogP contribution in [0.5, 0.6) is 5.75 Å². The third-order valence-electron chi connectivity index (χ3n) is 5.29. The van der Waals surface area contributed by atoms with Gasteiger partial charge >= 0.3 is 0 Å². The molecule has 0 saturated carbocycles. The highest BCUT2D eigenvalue weighted by atomic mass is 16.5. The molecule has 0 aliphatic carbocycles. The van der Waals surface area contributed by atoms with Crippen LogP contribution in [0.25, 0.3) is 16.9 Å². The van der Waals surface area contributed by atoms with Crippen LogP contribution < -0.4 is 15.4 Å². The number of rotatable bonds is 6. The summed E-state index contributed by atoms with van der Waals surface area (Å²) >= 11 is 0. The summed E-state index contributed by atoms with van der Waals surface area (Å²) < 4.78 is 6.97. The Hall–Kier alpha value is -3.16. The first-order valence-electron chi connectivity index (χ1n) is 9.53. The second kappa shape index (κ2) is 7.84. The number of methoxy groups -OCH3 is 1. The summed E-state index contributed by atoms with van der Waals surface area (Å²) in [6.07, 6.45) is 5.07. The molecule has 3 heterocycles. The number of ether oxygens (including phenoxy) is 1. The van der Waals surface area contributed by atoms with Gasteiger partial charge in [-0.2, -0.15) is 9.61 Å². The molecule has 0 bridgehead atoms. The summed E-state index contributed by atoms with van der Waals surface area (Å²) in [5, 5.41) is 13.0. The minimum Gasteiger partial charge on any atom is -0.497 e.